The average Bonchev–Trinajstić information content (AvgIpc) is 2.64. The van der Waals surface area contributed by atoms with Crippen molar-refractivity contribution in [2.75, 3.05) is 20.7 Å². The number of para-hydroxylation sites is 1. The van der Waals surface area contributed by atoms with Gasteiger partial charge in [-0.05, 0) is 42.5 Å². The van der Waals surface area contributed by atoms with E-state index in [1.54, 1.807) is 56.6 Å². The van der Waals surface area contributed by atoms with E-state index in [0.29, 0.717) is 16.9 Å². The molecule has 0 bridgehead atoms. The Morgan fingerprint density at radius 3 is 2.38 bits per heavy atom. The maximum absolute atomic E-state index is 12.2. The molecule has 0 unspecified atom stereocenters. The van der Waals surface area contributed by atoms with Gasteiger partial charge in [-0.2, -0.15) is 0 Å². The molecule has 7 heteroatoms. The summed E-state index contributed by atoms with van der Waals surface area (Å²) < 4.78 is 5.34. The topological polar surface area (TPSA) is 89.8 Å². The summed E-state index contributed by atoms with van der Waals surface area (Å²) >= 11 is 0. The molecular formula is C19H18N2O5. The maximum Gasteiger partial charge on any atom is 0.276 e. The summed E-state index contributed by atoms with van der Waals surface area (Å²) in [4.78, 5) is 35.6. The number of nitro benzene ring substituents is 1. The molecule has 0 saturated heterocycles. The number of hydrogen-bond acceptors (Lipinski definition) is 5. The quantitative estimate of drug-likeness (QED) is 0.330. The van der Waals surface area contributed by atoms with Crippen LogP contribution in [0.1, 0.15) is 15.9 Å². The van der Waals surface area contributed by atoms with Crippen molar-refractivity contribution >= 4 is 23.5 Å². The van der Waals surface area contributed by atoms with E-state index in [2.05, 4.69) is 0 Å². The maximum atomic E-state index is 12.2. The van der Waals surface area contributed by atoms with Crippen molar-refractivity contribution in [1.82, 2.24) is 4.90 Å². The van der Waals surface area contributed by atoms with Crippen molar-refractivity contribution in [3.05, 3.63) is 75.8 Å². The number of benzene rings is 2. The summed E-state index contributed by atoms with van der Waals surface area (Å²) in [5, 5.41) is 11.0. The Labute approximate surface area is 150 Å². The number of carbonyl (C=O) groups excluding carboxylic acids is 2. The Balaban J connectivity index is 2.04. The Hall–Kier alpha value is -3.48. The van der Waals surface area contributed by atoms with E-state index in [9.17, 15) is 19.7 Å². The van der Waals surface area contributed by atoms with E-state index in [1.807, 2.05) is 0 Å². The number of allylic oxidation sites excluding steroid dienone is 1. The van der Waals surface area contributed by atoms with Gasteiger partial charge in [0, 0.05) is 25.7 Å². The SMILES string of the molecule is CN(C)C(=O)COc1ccc(C(=O)/C=C/c2ccccc2[N+](=O)[O-])cc1. The van der Waals surface area contributed by atoms with Gasteiger partial charge in [-0.15, -0.1) is 0 Å². The minimum Gasteiger partial charge on any atom is -0.484 e. The first-order valence-corrected chi connectivity index (χ1v) is 7.77. The molecule has 0 atom stereocenters. The standard InChI is InChI=1S/C19H18N2O5/c1-20(2)19(23)13-26-16-10-7-15(8-11-16)18(22)12-9-14-5-3-4-6-17(14)21(24)25/h3-12H,13H2,1-2H3/b12-9+. The summed E-state index contributed by atoms with van der Waals surface area (Å²) in [7, 11) is 3.27. The van der Waals surface area contributed by atoms with Crippen molar-refractivity contribution in [1.29, 1.82) is 0 Å². The number of rotatable bonds is 7. The van der Waals surface area contributed by atoms with Crippen LogP contribution in [0.5, 0.6) is 5.75 Å². The van der Waals surface area contributed by atoms with Crippen LogP contribution in [0, 0.1) is 10.1 Å². The van der Waals surface area contributed by atoms with E-state index < -0.39 is 4.92 Å². The summed E-state index contributed by atoms with van der Waals surface area (Å²) in [5.74, 6) is 0.0102. The van der Waals surface area contributed by atoms with Crippen LogP contribution in [0.2, 0.25) is 0 Å². The molecule has 1 amide bonds. The van der Waals surface area contributed by atoms with E-state index in [1.165, 1.54) is 23.1 Å². The van der Waals surface area contributed by atoms with Gasteiger partial charge in [-0.1, -0.05) is 12.1 Å². The molecule has 0 N–H and O–H groups in total. The van der Waals surface area contributed by atoms with E-state index >= 15 is 0 Å². The van der Waals surface area contributed by atoms with Gasteiger partial charge in [0.15, 0.2) is 12.4 Å². The molecule has 7 nitrogen and oxygen atoms in total. The first kappa shape index (κ1) is 18.9. The van der Waals surface area contributed by atoms with E-state index in [-0.39, 0.29) is 24.0 Å². The zero-order chi connectivity index (χ0) is 19.1. The number of likely N-dealkylation sites (N-methyl/N-ethyl adjacent to an activating group) is 1. The first-order valence-electron chi connectivity index (χ1n) is 7.77. The lowest BCUT2D eigenvalue weighted by Crippen LogP contribution is -2.27. The number of hydrogen-bond donors (Lipinski definition) is 0. The predicted octanol–water partition coefficient (Wildman–Crippen LogP) is 2.96. The summed E-state index contributed by atoms with van der Waals surface area (Å²) in [5.41, 5.74) is 0.699. The zero-order valence-corrected chi connectivity index (χ0v) is 14.4. The number of ketones is 1. The molecule has 0 heterocycles. The second kappa shape index (κ2) is 8.57. The Morgan fingerprint density at radius 2 is 1.77 bits per heavy atom. The highest BCUT2D eigenvalue weighted by Crippen LogP contribution is 2.19. The molecule has 2 aromatic rings. The number of nitrogens with zero attached hydrogens (tertiary/aromatic N) is 2. The molecule has 26 heavy (non-hydrogen) atoms. The number of ether oxygens (including phenoxy) is 1. The molecule has 134 valence electrons. The lowest BCUT2D eigenvalue weighted by Gasteiger charge is -2.11. The summed E-state index contributed by atoms with van der Waals surface area (Å²) in [6, 6.07) is 12.5. The second-order valence-corrected chi connectivity index (χ2v) is 5.61. The van der Waals surface area contributed by atoms with Gasteiger partial charge in [0.05, 0.1) is 10.5 Å². The van der Waals surface area contributed by atoms with Gasteiger partial charge in [-0.25, -0.2) is 0 Å². The number of amides is 1. The van der Waals surface area contributed by atoms with Gasteiger partial charge in [0.1, 0.15) is 5.75 Å². The molecule has 2 rings (SSSR count). The number of carbonyl (C=O) groups is 2. The van der Waals surface area contributed by atoms with Crippen LogP contribution in [0.15, 0.2) is 54.6 Å². The Kier molecular flexibility index (Phi) is 6.21. The monoisotopic (exact) mass is 354 g/mol. The highest BCUT2D eigenvalue weighted by molar-refractivity contribution is 6.07. The summed E-state index contributed by atoms with van der Waals surface area (Å²) in [6.45, 7) is -0.0854. The van der Waals surface area contributed by atoms with Crippen LogP contribution in [-0.2, 0) is 4.79 Å². The fourth-order valence-electron chi connectivity index (χ4n) is 2.05. The zero-order valence-electron chi connectivity index (χ0n) is 14.4. The smallest absolute Gasteiger partial charge is 0.276 e. The van der Waals surface area contributed by atoms with Gasteiger partial charge in [0.2, 0.25) is 0 Å². The van der Waals surface area contributed by atoms with Crippen molar-refractivity contribution in [2.45, 2.75) is 0 Å². The summed E-state index contributed by atoms with van der Waals surface area (Å²) in [6.07, 6.45) is 2.70. The van der Waals surface area contributed by atoms with Crippen LogP contribution in [0.3, 0.4) is 0 Å². The van der Waals surface area contributed by atoms with Crippen LogP contribution < -0.4 is 4.74 Å². The van der Waals surface area contributed by atoms with Crippen LogP contribution in [0.25, 0.3) is 6.08 Å². The second-order valence-electron chi connectivity index (χ2n) is 5.61. The fourth-order valence-corrected chi connectivity index (χ4v) is 2.05. The molecular weight excluding hydrogens is 336 g/mol. The molecule has 2 aromatic carbocycles. The lowest BCUT2D eigenvalue weighted by molar-refractivity contribution is -0.385. The van der Waals surface area contributed by atoms with Gasteiger partial charge >= 0.3 is 0 Å². The van der Waals surface area contributed by atoms with E-state index in [0.717, 1.165) is 0 Å². The molecule has 0 aromatic heterocycles. The van der Waals surface area contributed by atoms with E-state index in [4.69, 9.17) is 4.74 Å². The highest BCUT2D eigenvalue weighted by atomic mass is 16.6. The van der Waals surface area contributed by atoms with Crippen LogP contribution in [-0.4, -0.2) is 42.2 Å². The molecule has 0 radical (unpaired) electrons. The van der Waals surface area contributed by atoms with Crippen LogP contribution in [0.4, 0.5) is 5.69 Å². The minimum absolute atomic E-state index is 0.0640. The third-order valence-corrected chi connectivity index (χ3v) is 3.55. The normalized spacial score (nSPS) is 10.5. The minimum atomic E-state index is -0.495. The molecule has 0 spiro atoms. The Morgan fingerprint density at radius 1 is 1.12 bits per heavy atom. The predicted molar refractivity (Wildman–Crippen MR) is 97.1 cm³/mol. The lowest BCUT2D eigenvalue weighted by atomic mass is 10.1. The largest absolute Gasteiger partial charge is 0.484 e. The van der Waals surface area contributed by atoms with Crippen molar-refractivity contribution in [3.8, 4) is 5.75 Å². The van der Waals surface area contributed by atoms with Gasteiger partial charge < -0.3 is 9.64 Å². The average molecular weight is 354 g/mol. The third kappa shape index (κ3) is 5.01. The van der Waals surface area contributed by atoms with Gasteiger partial charge in [-0.3, -0.25) is 19.7 Å². The van der Waals surface area contributed by atoms with Crippen LogP contribution >= 0.6 is 0 Å². The molecule has 0 aliphatic heterocycles. The molecule has 0 fully saturated rings. The highest BCUT2D eigenvalue weighted by Gasteiger charge is 2.10. The van der Waals surface area contributed by atoms with Gasteiger partial charge in [0.25, 0.3) is 11.6 Å². The van der Waals surface area contributed by atoms with Crippen molar-refractivity contribution in [3.63, 3.8) is 0 Å². The third-order valence-electron chi connectivity index (χ3n) is 3.55. The molecule has 0 aliphatic rings. The van der Waals surface area contributed by atoms with Crippen molar-refractivity contribution < 1.29 is 19.2 Å². The fraction of sp³-hybridized carbons (Fsp3) is 0.158. The molecule has 0 aliphatic carbocycles. The Bertz CT molecular complexity index is 841. The first-order chi connectivity index (χ1) is 12.4. The molecule has 0 saturated carbocycles. The number of nitro groups is 1. The van der Waals surface area contributed by atoms with Crippen molar-refractivity contribution in [2.24, 2.45) is 0 Å².